The average molecular weight is 578 g/mol. The first-order valence-corrected chi connectivity index (χ1v) is 15.4. The van der Waals surface area contributed by atoms with Crippen LogP contribution in [0.4, 0.5) is 0 Å². The van der Waals surface area contributed by atoms with Gasteiger partial charge in [0.15, 0.2) is 17.5 Å². The maximum atomic E-state index is 5.02. The largest absolute Gasteiger partial charge is 0.208 e. The van der Waals surface area contributed by atoms with E-state index in [1.807, 2.05) is 36.4 Å². The van der Waals surface area contributed by atoms with Crippen LogP contribution in [0.5, 0.6) is 0 Å². The molecule has 0 radical (unpaired) electrons. The fourth-order valence-electron chi connectivity index (χ4n) is 6.53. The SMILES string of the molecule is CC1(C)c2ccccc2-c2cc(-c3cccc(-c4nc(-c5ccccc5)nc(-c5ccc(-c6ccccc6)cc5)n4)c3)ccc21. The van der Waals surface area contributed by atoms with Gasteiger partial charge in [-0.1, -0.05) is 153 Å². The number of benzene rings is 6. The van der Waals surface area contributed by atoms with Crippen molar-refractivity contribution in [3.05, 3.63) is 163 Å². The molecule has 8 rings (SSSR count). The van der Waals surface area contributed by atoms with Gasteiger partial charge in [0.1, 0.15) is 0 Å². The van der Waals surface area contributed by atoms with Crippen molar-refractivity contribution >= 4 is 0 Å². The topological polar surface area (TPSA) is 38.7 Å². The lowest BCUT2D eigenvalue weighted by atomic mass is 9.82. The van der Waals surface area contributed by atoms with Gasteiger partial charge in [0.2, 0.25) is 0 Å². The van der Waals surface area contributed by atoms with Gasteiger partial charge in [-0.25, -0.2) is 15.0 Å². The van der Waals surface area contributed by atoms with Gasteiger partial charge in [0, 0.05) is 22.1 Å². The lowest BCUT2D eigenvalue weighted by Gasteiger charge is -2.21. The van der Waals surface area contributed by atoms with Crippen LogP contribution in [-0.2, 0) is 5.41 Å². The second-order valence-electron chi connectivity index (χ2n) is 12.1. The Balaban J connectivity index is 1.21. The Labute approximate surface area is 264 Å². The summed E-state index contributed by atoms with van der Waals surface area (Å²) in [5.41, 5.74) is 12.9. The Bertz CT molecular complexity index is 2170. The molecule has 1 aliphatic carbocycles. The Hall–Kier alpha value is -5.67. The Kier molecular flexibility index (Phi) is 6.46. The lowest BCUT2D eigenvalue weighted by molar-refractivity contribution is 0.660. The minimum absolute atomic E-state index is 0.0132. The monoisotopic (exact) mass is 577 g/mol. The van der Waals surface area contributed by atoms with Gasteiger partial charge >= 0.3 is 0 Å². The molecule has 1 aromatic heterocycles. The molecule has 214 valence electrons. The highest BCUT2D eigenvalue weighted by Crippen LogP contribution is 2.49. The third-order valence-electron chi connectivity index (χ3n) is 8.96. The Morgan fingerprint density at radius 3 is 1.49 bits per heavy atom. The van der Waals surface area contributed by atoms with Gasteiger partial charge < -0.3 is 0 Å². The maximum absolute atomic E-state index is 5.02. The lowest BCUT2D eigenvalue weighted by Crippen LogP contribution is -2.14. The van der Waals surface area contributed by atoms with Gasteiger partial charge in [0.25, 0.3) is 0 Å². The maximum Gasteiger partial charge on any atom is 0.164 e. The number of nitrogens with zero attached hydrogens (tertiary/aromatic N) is 3. The van der Waals surface area contributed by atoms with E-state index in [1.54, 1.807) is 0 Å². The normalized spacial score (nSPS) is 12.8. The molecule has 0 atom stereocenters. The van der Waals surface area contributed by atoms with Crippen molar-refractivity contribution in [2.45, 2.75) is 19.3 Å². The predicted molar refractivity (Wildman–Crippen MR) is 185 cm³/mol. The summed E-state index contributed by atoms with van der Waals surface area (Å²) in [5.74, 6) is 1.96. The second-order valence-corrected chi connectivity index (χ2v) is 12.1. The van der Waals surface area contributed by atoms with E-state index in [1.165, 1.54) is 33.4 Å². The highest BCUT2D eigenvalue weighted by atomic mass is 15.0. The number of rotatable bonds is 5. The van der Waals surface area contributed by atoms with Crippen molar-refractivity contribution in [1.82, 2.24) is 15.0 Å². The van der Waals surface area contributed by atoms with Crippen molar-refractivity contribution in [2.75, 3.05) is 0 Å². The minimum atomic E-state index is -0.0132. The number of hydrogen-bond donors (Lipinski definition) is 0. The van der Waals surface area contributed by atoms with Crippen LogP contribution >= 0.6 is 0 Å². The Morgan fingerprint density at radius 2 is 0.778 bits per heavy atom. The number of hydrogen-bond acceptors (Lipinski definition) is 3. The summed E-state index contributed by atoms with van der Waals surface area (Å²) in [7, 11) is 0. The second kappa shape index (κ2) is 10.8. The zero-order chi connectivity index (χ0) is 30.4. The van der Waals surface area contributed by atoms with Crippen LogP contribution < -0.4 is 0 Å². The van der Waals surface area contributed by atoms with E-state index in [2.05, 4.69) is 129 Å². The molecule has 0 saturated heterocycles. The molecule has 6 aromatic carbocycles. The molecule has 0 bridgehead atoms. The van der Waals surface area contributed by atoms with Crippen LogP contribution in [0.15, 0.2) is 152 Å². The molecule has 3 heteroatoms. The molecule has 0 aliphatic heterocycles. The van der Waals surface area contributed by atoms with Gasteiger partial charge in [-0.3, -0.25) is 0 Å². The third kappa shape index (κ3) is 4.83. The van der Waals surface area contributed by atoms with Crippen LogP contribution in [-0.4, -0.2) is 15.0 Å². The van der Waals surface area contributed by atoms with Crippen LogP contribution in [0.2, 0.25) is 0 Å². The summed E-state index contributed by atoms with van der Waals surface area (Å²) in [6.07, 6.45) is 0. The predicted octanol–water partition coefficient (Wildman–Crippen LogP) is 10.5. The number of fused-ring (bicyclic) bond motifs is 3. The summed E-state index contributed by atoms with van der Waals surface area (Å²) >= 11 is 0. The first-order valence-electron chi connectivity index (χ1n) is 15.4. The molecule has 0 N–H and O–H groups in total. The summed E-state index contributed by atoms with van der Waals surface area (Å²) in [6, 6.07) is 53.2. The molecular weight excluding hydrogens is 546 g/mol. The quantitative estimate of drug-likeness (QED) is 0.204. The summed E-state index contributed by atoms with van der Waals surface area (Å²) in [5, 5.41) is 0. The van der Waals surface area contributed by atoms with E-state index >= 15 is 0 Å². The van der Waals surface area contributed by atoms with Gasteiger partial charge in [-0.2, -0.15) is 0 Å². The molecule has 3 nitrogen and oxygen atoms in total. The molecule has 0 spiro atoms. The van der Waals surface area contributed by atoms with Gasteiger partial charge in [-0.05, 0) is 56.6 Å². The van der Waals surface area contributed by atoms with E-state index in [4.69, 9.17) is 15.0 Å². The van der Waals surface area contributed by atoms with Crippen molar-refractivity contribution in [1.29, 1.82) is 0 Å². The molecule has 7 aromatic rings. The summed E-state index contributed by atoms with van der Waals surface area (Å²) in [6.45, 7) is 4.63. The molecule has 0 saturated carbocycles. The minimum Gasteiger partial charge on any atom is -0.208 e. The zero-order valence-electron chi connectivity index (χ0n) is 25.3. The van der Waals surface area contributed by atoms with E-state index < -0.39 is 0 Å². The van der Waals surface area contributed by atoms with Gasteiger partial charge in [-0.15, -0.1) is 0 Å². The van der Waals surface area contributed by atoms with E-state index in [0.29, 0.717) is 17.5 Å². The fraction of sp³-hybridized carbons (Fsp3) is 0.0714. The van der Waals surface area contributed by atoms with Crippen LogP contribution in [0.1, 0.15) is 25.0 Å². The van der Waals surface area contributed by atoms with Crippen LogP contribution in [0.3, 0.4) is 0 Å². The highest BCUT2D eigenvalue weighted by molar-refractivity contribution is 5.85. The van der Waals surface area contributed by atoms with E-state index in [9.17, 15) is 0 Å². The molecule has 45 heavy (non-hydrogen) atoms. The van der Waals surface area contributed by atoms with Crippen LogP contribution in [0.25, 0.3) is 67.5 Å². The first-order chi connectivity index (χ1) is 22.0. The van der Waals surface area contributed by atoms with Crippen molar-refractivity contribution in [3.8, 4) is 67.5 Å². The van der Waals surface area contributed by atoms with Crippen LogP contribution in [0, 0.1) is 0 Å². The standard InChI is InChI=1S/C42H31N3/c1-42(2)37-19-10-9-18-35(37)36-27-33(24-25-38(36)42)32-16-11-17-34(26-32)41-44-39(30-14-7-4-8-15-30)43-40(45-41)31-22-20-29(21-23-31)28-12-5-3-6-13-28/h3-27H,1-2H3. The highest BCUT2D eigenvalue weighted by Gasteiger charge is 2.35. The molecule has 0 unspecified atom stereocenters. The van der Waals surface area contributed by atoms with Gasteiger partial charge in [0.05, 0.1) is 0 Å². The zero-order valence-corrected chi connectivity index (χ0v) is 25.3. The molecule has 1 heterocycles. The van der Waals surface area contributed by atoms with Crippen molar-refractivity contribution < 1.29 is 0 Å². The molecule has 0 fully saturated rings. The molecular formula is C42H31N3. The summed E-state index contributed by atoms with van der Waals surface area (Å²) < 4.78 is 0. The summed E-state index contributed by atoms with van der Waals surface area (Å²) in [4.78, 5) is 14.9. The fourth-order valence-corrected chi connectivity index (χ4v) is 6.53. The number of aromatic nitrogens is 3. The van der Waals surface area contributed by atoms with E-state index in [-0.39, 0.29) is 5.41 Å². The molecule has 0 amide bonds. The first kappa shape index (κ1) is 26.9. The average Bonchev–Trinajstić information content (AvgIpc) is 3.34. The van der Waals surface area contributed by atoms with Crippen molar-refractivity contribution in [2.24, 2.45) is 0 Å². The molecule has 1 aliphatic rings. The Morgan fingerprint density at radius 1 is 0.333 bits per heavy atom. The third-order valence-corrected chi connectivity index (χ3v) is 8.96. The van der Waals surface area contributed by atoms with Crippen molar-refractivity contribution in [3.63, 3.8) is 0 Å². The van der Waals surface area contributed by atoms with E-state index in [0.717, 1.165) is 27.8 Å². The smallest absolute Gasteiger partial charge is 0.164 e.